The molecule has 1 amide bonds. The second-order valence-corrected chi connectivity index (χ2v) is 6.92. The molecule has 1 saturated carbocycles. The minimum Gasteiger partial charge on any atom is -0.504 e. The third-order valence-electron chi connectivity index (χ3n) is 5.30. The Kier molecular flexibility index (Phi) is 6.15. The standard InChI is InChI=1S/C19H28N2O4/c22-16-6-2-3-7-17(16)25-14-18(23)20-15-19(8-4-1-5-9-19)21-10-12-24-13-11-21/h2-3,6-7,22H,1,4-5,8-15H2,(H,20,23). The van der Waals surface area contributed by atoms with Crippen molar-refractivity contribution in [2.24, 2.45) is 0 Å². The molecule has 3 rings (SSSR count). The number of ether oxygens (including phenoxy) is 2. The predicted molar refractivity (Wildman–Crippen MR) is 94.8 cm³/mol. The number of rotatable bonds is 6. The van der Waals surface area contributed by atoms with E-state index in [1.54, 1.807) is 24.3 Å². The van der Waals surface area contributed by atoms with Gasteiger partial charge in [-0.3, -0.25) is 9.69 Å². The smallest absolute Gasteiger partial charge is 0.258 e. The first-order valence-electron chi connectivity index (χ1n) is 9.20. The van der Waals surface area contributed by atoms with Crippen molar-refractivity contribution in [3.8, 4) is 11.5 Å². The Morgan fingerprint density at radius 1 is 1.20 bits per heavy atom. The fourth-order valence-corrected chi connectivity index (χ4v) is 3.89. The zero-order valence-electron chi connectivity index (χ0n) is 14.7. The molecule has 6 nitrogen and oxygen atoms in total. The summed E-state index contributed by atoms with van der Waals surface area (Å²) in [6.45, 7) is 3.97. The lowest BCUT2D eigenvalue weighted by atomic mass is 9.79. The van der Waals surface area contributed by atoms with E-state index in [0.29, 0.717) is 12.3 Å². The van der Waals surface area contributed by atoms with Gasteiger partial charge in [0.2, 0.25) is 0 Å². The highest BCUT2D eigenvalue weighted by Crippen LogP contribution is 2.33. The molecule has 138 valence electrons. The molecule has 1 saturated heterocycles. The first-order chi connectivity index (χ1) is 12.2. The first-order valence-corrected chi connectivity index (χ1v) is 9.20. The molecule has 0 unspecified atom stereocenters. The van der Waals surface area contributed by atoms with Crippen molar-refractivity contribution >= 4 is 5.91 Å². The lowest BCUT2D eigenvalue weighted by Gasteiger charge is -2.48. The number of benzene rings is 1. The Hall–Kier alpha value is -1.79. The van der Waals surface area contributed by atoms with E-state index in [4.69, 9.17) is 9.47 Å². The van der Waals surface area contributed by atoms with Gasteiger partial charge in [-0.2, -0.15) is 0 Å². The van der Waals surface area contributed by atoms with Crippen molar-refractivity contribution in [3.05, 3.63) is 24.3 Å². The maximum absolute atomic E-state index is 12.2. The maximum Gasteiger partial charge on any atom is 0.258 e. The molecule has 0 radical (unpaired) electrons. The number of nitrogens with one attached hydrogen (secondary N) is 1. The average molecular weight is 348 g/mol. The second-order valence-electron chi connectivity index (χ2n) is 6.92. The maximum atomic E-state index is 12.2. The summed E-state index contributed by atoms with van der Waals surface area (Å²) < 4.78 is 10.9. The monoisotopic (exact) mass is 348 g/mol. The van der Waals surface area contributed by atoms with Crippen molar-refractivity contribution in [2.75, 3.05) is 39.5 Å². The molecule has 1 heterocycles. The van der Waals surface area contributed by atoms with E-state index < -0.39 is 0 Å². The number of phenolic OH excluding ortho intramolecular Hbond substituents is 1. The van der Waals surface area contributed by atoms with Gasteiger partial charge in [0.1, 0.15) is 0 Å². The molecule has 6 heteroatoms. The van der Waals surface area contributed by atoms with Gasteiger partial charge in [-0.25, -0.2) is 0 Å². The van der Waals surface area contributed by atoms with Crippen LogP contribution < -0.4 is 10.1 Å². The van der Waals surface area contributed by atoms with Crippen LogP contribution >= 0.6 is 0 Å². The Labute approximate surface area is 149 Å². The number of morpholine rings is 1. The molecule has 1 aliphatic heterocycles. The molecule has 2 aliphatic rings. The lowest BCUT2D eigenvalue weighted by molar-refractivity contribution is -0.124. The van der Waals surface area contributed by atoms with Gasteiger partial charge in [-0.15, -0.1) is 0 Å². The zero-order valence-corrected chi connectivity index (χ0v) is 14.7. The van der Waals surface area contributed by atoms with Crippen LogP contribution in [-0.2, 0) is 9.53 Å². The summed E-state index contributed by atoms with van der Waals surface area (Å²) in [5.41, 5.74) is 0.0482. The Morgan fingerprint density at radius 2 is 1.92 bits per heavy atom. The number of hydrogen-bond donors (Lipinski definition) is 2. The van der Waals surface area contributed by atoms with Crippen molar-refractivity contribution in [1.82, 2.24) is 10.2 Å². The van der Waals surface area contributed by atoms with Crippen LogP contribution in [0, 0.1) is 0 Å². The second kappa shape index (κ2) is 8.54. The summed E-state index contributed by atoms with van der Waals surface area (Å²) in [7, 11) is 0. The third kappa shape index (κ3) is 4.64. The summed E-state index contributed by atoms with van der Waals surface area (Å²) in [6.07, 6.45) is 5.93. The number of aromatic hydroxyl groups is 1. The molecule has 0 spiro atoms. The van der Waals surface area contributed by atoms with Crippen molar-refractivity contribution < 1.29 is 19.4 Å². The molecular weight excluding hydrogens is 320 g/mol. The van der Waals surface area contributed by atoms with E-state index in [2.05, 4.69) is 10.2 Å². The number of carbonyl (C=O) groups excluding carboxylic acids is 1. The molecule has 1 aromatic rings. The van der Waals surface area contributed by atoms with Crippen LogP contribution in [0.3, 0.4) is 0 Å². The van der Waals surface area contributed by atoms with Crippen molar-refractivity contribution in [2.45, 2.75) is 37.6 Å². The highest BCUT2D eigenvalue weighted by Gasteiger charge is 2.38. The summed E-state index contributed by atoms with van der Waals surface area (Å²) in [5, 5.41) is 12.7. The summed E-state index contributed by atoms with van der Waals surface area (Å²) in [5.74, 6) is 0.229. The molecule has 1 aliphatic carbocycles. The summed E-state index contributed by atoms with van der Waals surface area (Å²) in [4.78, 5) is 14.7. The van der Waals surface area contributed by atoms with Crippen LogP contribution in [0.5, 0.6) is 11.5 Å². The van der Waals surface area contributed by atoms with Crippen LogP contribution in [0.1, 0.15) is 32.1 Å². The van der Waals surface area contributed by atoms with Gasteiger partial charge in [0.05, 0.1) is 13.2 Å². The molecule has 1 aromatic carbocycles. The van der Waals surface area contributed by atoms with Crippen LogP contribution in [0.2, 0.25) is 0 Å². The summed E-state index contributed by atoms with van der Waals surface area (Å²) in [6, 6.07) is 6.68. The average Bonchev–Trinajstić information content (AvgIpc) is 2.67. The van der Waals surface area contributed by atoms with Crippen molar-refractivity contribution in [3.63, 3.8) is 0 Å². The molecule has 2 N–H and O–H groups in total. The minimum absolute atomic E-state index is 0.0482. The van der Waals surface area contributed by atoms with Gasteiger partial charge in [0.25, 0.3) is 5.91 Å². The van der Waals surface area contributed by atoms with E-state index in [-0.39, 0.29) is 23.8 Å². The molecular formula is C19H28N2O4. The van der Waals surface area contributed by atoms with Gasteiger partial charge >= 0.3 is 0 Å². The predicted octanol–water partition coefficient (Wildman–Crippen LogP) is 1.92. The Bertz CT molecular complexity index is 566. The first kappa shape index (κ1) is 18.0. The molecule has 0 aromatic heterocycles. The van der Waals surface area contributed by atoms with E-state index in [0.717, 1.165) is 39.1 Å². The van der Waals surface area contributed by atoms with Gasteiger partial charge in [0.15, 0.2) is 18.1 Å². The molecule has 0 bridgehead atoms. The topological polar surface area (TPSA) is 71.0 Å². The fraction of sp³-hybridized carbons (Fsp3) is 0.632. The van der Waals surface area contributed by atoms with Crippen molar-refractivity contribution in [1.29, 1.82) is 0 Å². The molecule has 25 heavy (non-hydrogen) atoms. The molecule has 0 atom stereocenters. The minimum atomic E-state index is -0.151. The van der Waals surface area contributed by atoms with E-state index >= 15 is 0 Å². The van der Waals surface area contributed by atoms with Crippen LogP contribution in [0.15, 0.2) is 24.3 Å². The fourth-order valence-electron chi connectivity index (χ4n) is 3.89. The number of amides is 1. The largest absolute Gasteiger partial charge is 0.504 e. The highest BCUT2D eigenvalue weighted by molar-refractivity contribution is 5.77. The van der Waals surface area contributed by atoms with Crippen LogP contribution in [-0.4, -0.2) is 60.9 Å². The van der Waals surface area contributed by atoms with E-state index in [1.165, 1.54) is 19.3 Å². The van der Waals surface area contributed by atoms with Gasteiger partial charge in [-0.1, -0.05) is 31.4 Å². The van der Waals surface area contributed by atoms with Crippen LogP contribution in [0.25, 0.3) is 0 Å². The van der Waals surface area contributed by atoms with Gasteiger partial charge in [0, 0.05) is 25.2 Å². The zero-order chi connectivity index (χ0) is 17.5. The third-order valence-corrected chi connectivity index (χ3v) is 5.30. The quantitative estimate of drug-likeness (QED) is 0.822. The number of hydrogen-bond acceptors (Lipinski definition) is 5. The van der Waals surface area contributed by atoms with Gasteiger partial charge < -0.3 is 19.9 Å². The van der Waals surface area contributed by atoms with Gasteiger partial charge in [-0.05, 0) is 25.0 Å². The normalized spacial score (nSPS) is 20.8. The number of para-hydroxylation sites is 2. The van der Waals surface area contributed by atoms with E-state index in [9.17, 15) is 9.90 Å². The van der Waals surface area contributed by atoms with Crippen LogP contribution in [0.4, 0.5) is 0 Å². The van der Waals surface area contributed by atoms with E-state index in [1.807, 2.05) is 0 Å². The molecule has 2 fully saturated rings. The highest BCUT2D eigenvalue weighted by atomic mass is 16.5. The number of nitrogens with zero attached hydrogens (tertiary/aromatic N) is 1. The Morgan fingerprint density at radius 3 is 2.64 bits per heavy atom. The summed E-state index contributed by atoms with van der Waals surface area (Å²) >= 11 is 0. The lowest BCUT2D eigenvalue weighted by Crippen LogP contribution is -2.60. The number of carbonyl (C=O) groups is 1. The SMILES string of the molecule is O=C(COc1ccccc1O)NCC1(N2CCOCC2)CCCCC1. The Balaban J connectivity index is 1.53. The number of phenols is 1.